The third kappa shape index (κ3) is 0.595. The lowest BCUT2D eigenvalue weighted by atomic mass is 9.95. The summed E-state index contributed by atoms with van der Waals surface area (Å²) in [6.45, 7) is 0. The van der Waals surface area contributed by atoms with Gasteiger partial charge in [-0.15, -0.1) is 0 Å². The van der Waals surface area contributed by atoms with Crippen molar-refractivity contribution in [3.63, 3.8) is 0 Å². The SMILES string of the molecule is N#C[C@@H]1C[C@@H]2C=C[C@@H]1C2. The molecule has 1 fully saturated rings. The highest BCUT2D eigenvalue weighted by Crippen LogP contribution is 2.42. The zero-order valence-electron chi connectivity index (χ0n) is 5.25. The summed E-state index contributed by atoms with van der Waals surface area (Å²) in [6, 6.07) is 2.34. The minimum atomic E-state index is 0.347. The van der Waals surface area contributed by atoms with Gasteiger partial charge in [0.15, 0.2) is 0 Å². The van der Waals surface area contributed by atoms with Crippen LogP contribution < -0.4 is 0 Å². The fourth-order valence-corrected chi connectivity index (χ4v) is 1.93. The normalized spacial score (nSPS) is 45.4. The van der Waals surface area contributed by atoms with Gasteiger partial charge in [0.1, 0.15) is 0 Å². The Morgan fingerprint density at radius 1 is 1.33 bits per heavy atom. The Morgan fingerprint density at radius 2 is 2.22 bits per heavy atom. The summed E-state index contributed by atoms with van der Waals surface area (Å²) in [5, 5.41) is 8.60. The Bertz CT molecular complexity index is 187. The topological polar surface area (TPSA) is 23.8 Å². The van der Waals surface area contributed by atoms with Crippen LogP contribution in [0.3, 0.4) is 0 Å². The summed E-state index contributed by atoms with van der Waals surface area (Å²) in [5.41, 5.74) is 0. The zero-order valence-corrected chi connectivity index (χ0v) is 5.25. The number of hydrogen-bond donors (Lipinski definition) is 0. The first-order valence-electron chi connectivity index (χ1n) is 3.48. The average molecular weight is 119 g/mol. The highest BCUT2D eigenvalue weighted by atomic mass is 14.4. The van der Waals surface area contributed by atoms with Crippen molar-refractivity contribution in [1.29, 1.82) is 5.26 Å². The van der Waals surface area contributed by atoms with Crippen molar-refractivity contribution in [3.8, 4) is 6.07 Å². The van der Waals surface area contributed by atoms with Crippen molar-refractivity contribution in [2.75, 3.05) is 0 Å². The summed E-state index contributed by atoms with van der Waals surface area (Å²) >= 11 is 0. The van der Waals surface area contributed by atoms with Gasteiger partial charge < -0.3 is 0 Å². The summed E-state index contributed by atoms with van der Waals surface area (Å²) < 4.78 is 0. The quantitative estimate of drug-likeness (QED) is 0.445. The van der Waals surface area contributed by atoms with Gasteiger partial charge in [0.05, 0.1) is 12.0 Å². The Morgan fingerprint density at radius 3 is 2.56 bits per heavy atom. The minimum absolute atomic E-state index is 0.347. The van der Waals surface area contributed by atoms with Crippen molar-refractivity contribution in [2.45, 2.75) is 12.8 Å². The molecule has 0 unspecified atom stereocenters. The van der Waals surface area contributed by atoms with Crippen LogP contribution in [0.5, 0.6) is 0 Å². The van der Waals surface area contributed by atoms with E-state index in [-0.39, 0.29) is 0 Å². The van der Waals surface area contributed by atoms with Crippen LogP contribution >= 0.6 is 0 Å². The Kier molecular flexibility index (Phi) is 0.900. The number of nitrogens with zero attached hydrogens (tertiary/aromatic N) is 1. The molecule has 2 aliphatic rings. The second kappa shape index (κ2) is 1.60. The van der Waals surface area contributed by atoms with Crippen LogP contribution in [0.15, 0.2) is 12.2 Å². The molecule has 46 valence electrons. The largest absolute Gasteiger partial charge is 0.198 e. The lowest BCUT2D eigenvalue weighted by Gasteiger charge is -2.06. The molecule has 2 bridgehead atoms. The zero-order chi connectivity index (χ0) is 6.27. The van der Waals surface area contributed by atoms with Crippen LogP contribution in [0.4, 0.5) is 0 Å². The highest BCUT2D eigenvalue weighted by Gasteiger charge is 2.35. The molecule has 0 spiro atoms. The summed E-state index contributed by atoms with van der Waals surface area (Å²) in [6.07, 6.45) is 6.84. The monoisotopic (exact) mass is 119 g/mol. The third-order valence-corrected chi connectivity index (χ3v) is 2.44. The van der Waals surface area contributed by atoms with E-state index < -0.39 is 0 Å². The molecule has 3 atom stereocenters. The molecule has 0 aromatic carbocycles. The maximum Gasteiger partial charge on any atom is 0.0662 e. The number of nitriles is 1. The molecule has 2 aliphatic carbocycles. The Labute approximate surface area is 55.0 Å². The number of hydrogen-bond acceptors (Lipinski definition) is 1. The molecular formula is C8H9N. The van der Waals surface area contributed by atoms with Crippen LogP contribution in [-0.2, 0) is 0 Å². The first-order valence-corrected chi connectivity index (χ1v) is 3.48. The van der Waals surface area contributed by atoms with Crippen molar-refractivity contribution < 1.29 is 0 Å². The number of allylic oxidation sites excluding steroid dienone is 2. The molecule has 1 saturated carbocycles. The van der Waals surface area contributed by atoms with E-state index in [0.29, 0.717) is 11.8 Å². The first-order chi connectivity index (χ1) is 4.40. The lowest BCUT2D eigenvalue weighted by molar-refractivity contribution is 0.563. The maximum atomic E-state index is 8.60. The van der Waals surface area contributed by atoms with Gasteiger partial charge in [-0.1, -0.05) is 12.2 Å². The molecule has 0 amide bonds. The van der Waals surface area contributed by atoms with Crippen LogP contribution in [0.1, 0.15) is 12.8 Å². The average Bonchev–Trinajstić information content (AvgIpc) is 2.45. The van der Waals surface area contributed by atoms with Gasteiger partial charge in [-0.25, -0.2) is 0 Å². The van der Waals surface area contributed by atoms with Gasteiger partial charge in [0.2, 0.25) is 0 Å². The Hall–Kier alpha value is -0.770. The van der Waals surface area contributed by atoms with Gasteiger partial charge in [-0.2, -0.15) is 5.26 Å². The summed E-state index contributed by atoms with van der Waals surface area (Å²) in [7, 11) is 0. The van der Waals surface area contributed by atoms with Gasteiger partial charge in [0, 0.05) is 0 Å². The highest BCUT2D eigenvalue weighted by molar-refractivity contribution is 5.14. The van der Waals surface area contributed by atoms with E-state index in [2.05, 4.69) is 18.2 Å². The van der Waals surface area contributed by atoms with Crippen molar-refractivity contribution in [1.82, 2.24) is 0 Å². The van der Waals surface area contributed by atoms with E-state index in [4.69, 9.17) is 5.26 Å². The van der Waals surface area contributed by atoms with E-state index >= 15 is 0 Å². The molecule has 0 radical (unpaired) electrons. The van der Waals surface area contributed by atoms with E-state index in [1.54, 1.807) is 0 Å². The fourth-order valence-electron chi connectivity index (χ4n) is 1.93. The second-order valence-electron chi connectivity index (χ2n) is 3.02. The van der Waals surface area contributed by atoms with E-state index in [1.807, 2.05) is 0 Å². The minimum Gasteiger partial charge on any atom is -0.198 e. The molecule has 1 heteroatoms. The van der Waals surface area contributed by atoms with Crippen molar-refractivity contribution in [3.05, 3.63) is 12.2 Å². The standard InChI is InChI=1S/C8H9N/c9-5-8-4-6-1-2-7(8)3-6/h1-2,6-8H,3-4H2/t6-,7-,8+/m1/s1. The molecule has 1 nitrogen and oxygen atoms in total. The lowest BCUT2D eigenvalue weighted by Crippen LogP contribution is -2.02. The molecule has 0 saturated heterocycles. The van der Waals surface area contributed by atoms with E-state index in [1.165, 1.54) is 6.42 Å². The first kappa shape index (κ1) is 5.05. The predicted molar refractivity (Wildman–Crippen MR) is 34.5 cm³/mol. The predicted octanol–water partition coefficient (Wildman–Crippen LogP) is 1.72. The van der Waals surface area contributed by atoms with Gasteiger partial charge in [0.25, 0.3) is 0 Å². The molecule has 0 aliphatic heterocycles. The van der Waals surface area contributed by atoms with Gasteiger partial charge >= 0.3 is 0 Å². The molecule has 0 aromatic heterocycles. The smallest absolute Gasteiger partial charge is 0.0662 e. The van der Waals surface area contributed by atoms with Crippen molar-refractivity contribution >= 4 is 0 Å². The van der Waals surface area contributed by atoms with E-state index in [0.717, 1.165) is 12.3 Å². The number of rotatable bonds is 0. The molecular weight excluding hydrogens is 110 g/mol. The van der Waals surface area contributed by atoms with Crippen LogP contribution in [0.25, 0.3) is 0 Å². The van der Waals surface area contributed by atoms with E-state index in [9.17, 15) is 0 Å². The second-order valence-corrected chi connectivity index (χ2v) is 3.02. The molecule has 0 heterocycles. The number of fused-ring (bicyclic) bond motifs is 2. The molecule has 0 N–H and O–H groups in total. The molecule has 2 rings (SSSR count). The van der Waals surface area contributed by atoms with Gasteiger partial charge in [-0.05, 0) is 24.7 Å². The maximum absolute atomic E-state index is 8.60. The van der Waals surface area contributed by atoms with Crippen LogP contribution in [0, 0.1) is 29.1 Å². The fraction of sp³-hybridized carbons (Fsp3) is 0.625. The Balaban J connectivity index is 2.22. The van der Waals surface area contributed by atoms with Crippen molar-refractivity contribution in [2.24, 2.45) is 17.8 Å². The van der Waals surface area contributed by atoms with Crippen LogP contribution in [0.2, 0.25) is 0 Å². The van der Waals surface area contributed by atoms with Crippen LogP contribution in [-0.4, -0.2) is 0 Å². The summed E-state index contributed by atoms with van der Waals surface area (Å²) in [5.74, 6) is 1.71. The molecule has 0 aromatic rings. The van der Waals surface area contributed by atoms with Gasteiger partial charge in [-0.3, -0.25) is 0 Å². The molecule has 9 heavy (non-hydrogen) atoms. The third-order valence-electron chi connectivity index (χ3n) is 2.44. The summed E-state index contributed by atoms with van der Waals surface area (Å²) in [4.78, 5) is 0.